The number of benzene rings is 3. The van der Waals surface area contributed by atoms with E-state index in [0.29, 0.717) is 34.0 Å². The third-order valence-corrected chi connectivity index (χ3v) is 6.48. The van der Waals surface area contributed by atoms with Gasteiger partial charge in [0, 0.05) is 20.7 Å². The number of rotatable bonds is 5. The Balaban J connectivity index is 1.69. The zero-order valence-electron chi connectivity index (χ0n) is 16.3. The Hall–Kier alpha value is -2.64. The Kier molecular flexibility index (Phi) is 5.92. The van der Waals surface area contributed by atoms with E-state index in [1.165, 1.54) is 0 Å². The van der Waals surface area contributed by atoms with Gasteiger partial charge in [0.1, 0.15) is 5.52 Å². The van der Waals surface area contributed by atoms with Crippen LogP contribution in [0.2, 0.25) is 0 Å². The summed E-state index contributed by atoms with van der Waals surface area (Å²) in [7, 11) is 0. The van der Waals surface area contributed by atoms with Crippen LogP contribution in [-0.2, 0) is 0 Å². The van der Waals surface area contributed by atoms with Gasteiger partial charge in [-0.3, -0.25) is 4.99 Å². The van der Waals surface area contributed by atoms with E-state index in [1.54, 1.807) is 12.3 Å². The number of phenolic OH excluding ortho intramolecular Hbond substituents is 1. The van der Waals surface area contributed by atoms with Crippen molar-refractivity contribution in [3.8, 4) is 23.0 Å². The van der Waals surface area contributed by atoms with Crippen LogP contribution in [0.4, 0.5) is 5.69 Å². The lowest BCUT2D eigenvalue weighted by molar-refractivity contribution is 0.317. The molecule has 0 saturated heterocycles. The minimum absolute atomic E-state index is 0.0288. The quantitative estimate of drug-likeness (QED) is 0.278. The number of ether oxygens (including phenoxy) is 1. The first kappa shape index (κ1) is 20.6. The van der Waals surface area contributed by atoms with E-state index in [4.69, 9.17) is 9.15 Å². The normalized spacial score (nSPS) is 11.5. The largest absolute Gasteiger partial charge is 0.504 e. The van der Waals surface area contributed by atoms with Crippen LogP contribution in [0.3, 0.4) is 0 Å². The van der Waals surface area contributed by atoms with Crippen LogP contribution in [0.1, 0.15) is 18.1 Å². The molecule has 0 atom stereocenters. The van der Waals surface area contributed by atoms with Crippen LogP contribution in [0.25, 0.3) is 22.6 Å². The number of fused-ring (bicyclic) bond motifs is 1. The smallest absolute Gasteiger partial charge is 0.227 e. The van der Waals surface area contributed by atoms with Crippen LogP contribution >= 0.6 is 31.9 Å². The van der Waals surface area contributed by atoms with E-state index in [9.17, 15) is 5.11 Å². The maximum absolute atomic E-state index is 10.5. The van der Waals surface area contributed by atoms with Gasteiger partial charge in [-0.15, -0.1) is 0 Å². The monoisotopic (exact) mass is 528 g/mol. The van der Waals surface area contributed by atoms with Crippen LogP contribution in [-0.4, -0.2) is 22.9 Å². The third kappa shape index (κ3) is 4.13. The predicted molar refractivity (Wildman–Crippen MR) is 126 cm³/mol. The fourth-order valence-corrected chi connectivity index (χ4v) is 3.84. The maximum atomic E-state index is 10.5. The van der Waals surface area contributed by atoms with Gasteiger partial charge in [-0.2, -0.15) is 0 Å². The van der Waals surface area contributed by atoms with Crippen molar-refractivity contribution in [2.24, 2.45) is 4.99 Å². The molecule has 3 aromatic carbocycles. The second-order valence-corrected chi connectivity index (χ2v) is 8.31. The summed E-state index contributed by atoms with van der Waals surface area (Å²) in [6.45, 7) is 4.34. The van der Waals surface area contributed by atoms with Gasteiger partial charge >= 0.3 is 0 Å². The standard InChI is InChI=1S/C23H18Br2N2O3/c1-3-29-20-11-17(24)21(25)16(22(20)28)12-26-15-6-4-5-14(10-15)23-27-18-9-13(2)7-8-19(18)30-23/h4-12,28H,3H2,1-2H3. The number of hydrogen-bond donors (Lipinski definition) is 1. The van der Waals surface area contributed by atoms with Crippen molar-refractivity contribution in [3.63, 3.8) is 0 Å². The van der Waals surface area contributed by atoms with Crippen molar-refractivity contribution in [2.75, 3.05) is 6.61 Å². The molecule has 4 aromatic rings. The molecule has 0 spiro atoms. The molecule has 5 nitrogen and oxygen atoms in total. The number of aliphatic imine (C=N–C) groups is 1. The molecule has 0 aliphatic heterocycles. The molecule has 30 heavy (non-hydrogen) atoms. The van der Waals surface area contributed by atoms with Gasteiger partial charge < -0.3 is 14.3 Å². The van der Waals surface area contributed by atoms with Crippen LogP contribution in [0.15, 0.2) is 66.9 Å². The van der Waals surface area contributed by atoms with Crippen LogP contribution in [0, 0.1) is 6.92 Å². The number of oxazole rings is 1. The molecule has 0 radical (unpaired) electrons. The second-order valence-electron chi connectivity index (χ2n) is 6.66. The van der Waals surface area contributed by atoms with Gasteiger partial charge in [0.25, 0.3) is 0 Å². The lowest BCUT2D eigenvalue weighted by atomic mass is 10.2. The zero-order chi connectivity index (χ0) is 21.3. The van der Waals surface area contributed by atoms with E-state index in [2.05, 4.69) is 41.8 Å². The molecular weight excluding hydrogens is 512 g/mol. The molecule has 0 saturated carbocycles. The number of aryl methyl sites for hydroxylation is 1. The third-order valence-electron chi connectivity index (χ3n) is 4.47. The molecule has 1 aromatic heterocycles. The van der Waals surface area contributed by atoms with Gasteiger partial charge in [0.05, 0.1) is 17.9 Å². The highest BCUT2D eigenvalue weighted by Gasteiger charge is 2.15. The maximum Gasteiger partial charge on any atom is 0.227 e. The average molecular weight is 530 g/mol. The minimum Gasteiger partial charge on any atom is -0.504 e. The number of phenols is 1. The minimum atomic E-state index is 0.0288. The molecule has 7 heteroatoms. The summed E-state index contributed by atoms with van der Waals surface area (Å²) in [5, 5.41) is 10.5. The van der Waals surface area contributed by atoms with Gasteiger partial charge in [-0.1, -0.05) is 12.1 Å². The van der Waals surface area contributed by atoms with E-state index in [1.807, 2.05) is 56.3 Å². The first-order valence-corrected chi connectivity index (χ1v) is 10.9. The summed E-state index contributed by atoms with van der Waals surface area (Å²) >= 11 is 6.96. The van der Waals surface area contributed by atoms with Crippen molar-refractivity contribution in [2.45, 2.75) is 13.8 Å². The summed E-state index contributed by atoms with van der Waals surface area (Å²) < 4.78 is 12.8. The topological polar surface area (TPSA) is 67.9 Å². The Morgan fingerprint density at radius 1 is 1.17 bits per heavy atom. The summed E-state index contributed by atoms with van der Waals surface area (Å²) in [5.74, 6) is 0.962. The molecular formula is C23H18Br2N2O3. The average Bonchev–Trinajstić information content (AvgIpc) is 3.15. The Morgan fingerprint density at radius 2 is 2.00 bits per heavy atom. The van der Waals surface area contributed by atoms with E-state index >= 15 is 0 Å². The van der Waals surface area contributed by atoms with Crippen molar-refractivity contribution in [1.82, 2.24) is 4.98 Å². The van der Waals surface area contributed by atoms with E-state index < -0.39 is 0 Å². The van der Waals surface area contributed by atoms with Crippen molar-refractivity contribution in [3.05, 3.63) is 68.6 Å². The molecule has 1 heterocycles. The predicted octanol–water partition coefficient (Wildman–Crippen LogP) is 7.18. The van der Waals surface area contributed by atoms with Crippen molar-refractivity contribution >= 4 is 54.9 Å². The fraction of sp³-hybridized carbons (Fsp3) is 0.130. The molecule has 0 unspecified atom stereocenters. The number of aromatic hydroxyl groups is 1. The molecule has 1 N–H and O–H groups in total. The summed E-state index contributed by atoms with van der Waals surface area (Å²) in [6.07, 6.45) is 1.60. The molecule has 0 aliphatic carbocycles. The highest BCUT2D eigenvalue weighted by molar-refractivity contribution is 9.13. The number of aromatic nitrogens is 1. The summed E-state index contributed by atoms with van der Waals surface area (Å²) in [6, 6.07) is 15.2. The SMILES string of the molecule is CCOc1cc(Br)c(Br)c(C=Nc2cccc(-c3nc4cc(C)ccc4o3)c2)c1O. The number of halogens is 2. The van der Waals surface area contributed by atoms with Crippen LogP contribution in [0.5, 0.6) is 11.5 Å². The fourth-order valence-electron chi connectivity index (χ4n) is 3.01. The molecule has 0 fully saturated rings. The highest BCUT2D eigenvalue weighted by Crippen LogP contribution is 2.40. The van der Waals surface area contributed by atoms with Gasteiger partial charge in [0.2, 0.25) is 5.89 Å². The highest BCUT2D eigenvalue weighted by atomic mass is 79.9. The van der Waals surface area contributed by atoms with E-state index in [-0.39, 0.29) is 5.75 Å². The van der Waals surface area contributed by atoms with Crippen molar-refractivity contribution in [1.29, 1.82) is 0 Å². The second kappa shape index (κ2) is 8.62. The lowest BCUT2D eigenvalue weighted by Crippen LogP contribution is -1.95. The first-order valence-electron chi connectivity index (χ1n) is 9.31. The lowest BCUT2D eigenvalue weighted by Gasteiger charge is -2.11. The molecule has 0 amide bonds. The van der Waals surface area contributed by atoms with Gasteiger partial charge in [-0.25, -0.2) is 4.98 Å². The number of hydrogen-bond acceptors (Lipinski definition) is 5. The van der Waals surface area contributed by atoms with Gasteiger partial charge in [0.15, 0.2) is 17.1 Å². The van der Waals surface area contributed by atoms with Crippen LogP contribution < -0.4 is 4.74 Å². The zero-order valence-corrected chi connectivity index (χ0v) is 19.5. The summed E-state index contributed by atoms with van der Waals surface area (Å²) in [5.41, 5.74) is 4.75. The Labute approximate surface area is 190 Å². The molecule has 0 aliphatic rings. The Bertz CT molecular complexity index is 1270. The molecule has 4 rings (SSSR count). The molecule has 0 bridgehead atoms. The van der Waals surface area contributed by atoms with Crippen molar-refractivity contribution < 1.29 is 14.3 Å². The Morgan fingerprint density at radius 3 is 2.80 bits per heavy atom. The summed E-state index contributed by atoms with van der Waals surface area (Å²) in [4.78, 5) is 9.12. The van der Waals surface area contributed by atoms with E-state index in [0.717, 1.165) is 26.7 Å². The molecule has 152 valence electrons. The number of nitrogens with zero attached hydrogens (tertiary/aromatic N) is 2. The van der Waals surface area contributed by atoms with Gasteiger partial charge in [-0.05, 0) is 87.7 Å². The first-order chi connectivity index (χ1) is 14.5.